The van der Waals surface area contributed by atoms with Gasteiger partial charge in [-0.25, -0.2) is 13.9 Å². The molecule has 5 rings (SSSR count). The molecular formula is C25H20FN5O2. The van der Waals surface area contributed by atoms with E-state index < -0.39 is 0 Å². The number of anilines is 1. The van der Waals surface area contributed by atoms with Crippen molar-refractivity contribution in [3.63, 3.8) is 0 Å². The summed E-state index contributed by atoms with van der Waals surface area (Å²) in [6, 6.07) is 11.3. The van der Waals surface area contributed by atoms with Crippen LogP contribution in [0.4, 0.5) is 10.2 Å². The predicted molar refractivity (Wildman–Crippen MR) is 122 cm³/mol. The summed E-state index contributed by atoms with van der Waals surface area (Å²) in [5, 5.41) is 10.3. The molecule has 8 heteroatoms. The van der Waals surface area contributed by atoms with Crippen molar-refractivity contribution < 1.29 is 13.9 Å². The predicted octanol–water partition coefficient (Wildman–Crippen LogP) is 3.56. The van der Waals surface area contributed by atoms with Gasteiger partial charge in [0.25, 0.3) is 5.91 Å². The van der Waals surface area contributed by atoms with E-state index in [4.69, 9.17) is 4.74 Å². The first-order chi connectivity index (χ1) is 16.1. The molecule has 0 unspecified atom stereocenters. The van der Waals surface area contributed by atoms with Crippen LogP contribution in [0.1, 0.15) is 40.0 Å². The van der Waals surface area contributed by atoms with Crippen molar-refractivity contribution in [3.05, 3.63) is 89.1 Å². The zero-order valence-electron chi connectivity index (χ0n) is 17.8. The number of rotatable bonds is 3. The molecule has 1 aromatic carbocycles. The lowest BCUT2D eigenvalue weighted by Gasteiger charge is -2.17. The van der Waals surface area contributed by atoms with E-state index in [1.807, 2.05) is 18.2 Å². The molecule has 0 radical (unpaired) electrons. The van der Waals surface area contributed by atoms with E-state index in [9.17, 15) is 9.18 Å². The van der Waals surface area contributed by atoms with Gasteiger partial charge in [0.05, 0.1) is 29.9 Å². The summed E-state index contributed by atoms with van der Waals surface area (Å²) in [6.07, 6.45) is 4.96. The molecule has 1 amide bonds. The summed E-state index contributed by atoms with van der Waals surface area (Å²) in [5.74, 6) is 6.96. The topological polar surface area (TPSA) is 80.6 Å². The van der Waals surface area contributed by atoms with Crippen LogP contribution in [-0.2, 0) is 0 Å². The Morgan fingerprint density at radius 3 is 2.97 bits per heavy atom. The summed E-state index contributed by atoms with van der Waals surface area (Å²) < 4.78 is 20.7. The van der Waals surface area contributed by atoms with Crippen LogP contribution in [0.25, 0.3) is 5.52 Å². The molecule has 1 aliphatic rings. The molecule has 33 heavy (non-hydrogen) atoms. The molecule has 0 saturated carbocycles. The molecule has 4 heterocycles. The Morgan fingerprint density at radius 2 is 2.09 bits per heavy atom. The largest absolute Gasteiger partial charge is 0.488 e. The monoisotopic (exact) mass is 441 g/mol. The fraction of sp³-hybridized carbons (Fsp3) is 0.160. The molecule has 4 aromatic rings. The third kappa shape index (κ3) is 4.34. The molecule has 0 fully saturated rings. The molecule has 1 atom stereocenters. The minimum atomic E-state index is -0.362. The van der Waals surface area contributed by atoms with Crippen molar-refractivity contribution in [2.75, 3.05) is 18.5 Å². The third-order valence-corrected chi connectivity index (χ3v) is 5.32. The number of aromatic nitrogens is 3. The summed E-state index contributed by atoms with van der Waals surface area (Å²) in [4.78, 5) is 17.2. The van der Waals surface area contributed by atoms with E-state index in [1.165, 1.54) is 18.3 Å². The average molecular weight is 441 g/mol. The van der Waals surface area contributed by atoms with Gasteiger partial charge >= 0.3 is 0 Å². The molecule has 0 spiro atoms. The maximum atomic E-state index is 13.5. The van der Waals surface area contributed by atoms with Gasteiger partial charge in [-0.2, -0.15) is 5.10 Å². The number of carbonyl (C=O) groups excluding carboxylic acids is 1. The highest BCUT2D eigenvalue weighted by atomic mass is 19.1. The number of fused-ring (bicyclic) bond motifs is 2. The first-order valence-electron chi connectivity index (χ1n) is 10.5. The maximum absolute atomic E-state index is 13.5. The van der Waals surface area contributed by atoms with Crippen molar-refractivity contribution in [1.82, 2.24) is 19.9 Å². The second kappa shape index (κ2) is 8.63. The van der Waals surface area contributed by atoms with Crippen molar-refractivity contribution in [2.24, 2.45) is 0 Å². The Balaban J connectivity index is 1.38. The Bertz CT molecular complexity index is 1420. The standard InChI is InChI=1S/C25H20FN5O2/c1-16(19-3-2-4-20(26)13-19)30-25(32)21-15-29-31-9-7-17(11-22(21)31)5-6-18-12-23-24(28-14-18)27-8-10-33-23/h2-4,7,9,11-16H,8,10H2,1H3,(H,27,28)(H,30,32)/t16-/m0/s1. The zero-order chi connectivity index (χ0) is 22.8. The quantitative estimate of drug-likeness (QED) is 0.475. The van der Waals surface area contributed by atoms with Crippen LogP contribution < -0.4 is 15.4 Å². The van der Waals surface area contributed by atoms with Gasteiger partial charge in [-0.1, -0.05) is 24.0 Å². The molecule has 7 nitrogen and oxygen atoms in total. The lowest BCUT2D eigenvalue weighted by Crippen LogP contribution is -2.26. The number of nitrogens with one attached hydrogen (secondary N) is 2. The Hall–Kier alpha value is -4.38. The number of halogens is 1. The highest BCUT2D eigenvalue weighted by Gasteiger charge is 2.16. The number of nitrogens with zero attached hydrogens (tertiary/aromatic N) is 3. The Kier molecular flexibility index (Phi) is 5.37. The zero-order valence-corrected chi connectivity index (χ0v) is 17.8. The number of carbonyl (C=O) groups is 1. The highest BCUT2D eigenvalue weighted by molar-refractivity contribution is 6.01. The number of hydrogen-bond donors (Lipinski definition) is 2. The van der Waals surface area contributed by atoms with Gasteiger partial charge in [0.1, 0.15) is 12.4 Å². The summed E-state index contributed by atoms with van der Waals surface area (Å²) in [5.41, 5.74) is 3.18. The van der Waals surface area contributed by atoms with Gasteiger partial charge in [0.2, 0.25) is 0 Å². The number of hydrogen-bond acceptors (Lipinski definition) is 5. The van der Waals surface area contributed by atoms with E-state index in [0.717, 1.165) is 23.5 Å². The summed E-state index contributed by atoms with van der Waals surface area (Å²) in [7, 11) is 0. The third-order valence-electron chi connectivity index (χ3n) is 5.32. The SMILES string of the molecule is C[C@H](NC(=O)c1cnn2ccc(C#Cc3cnc4c(c3)OCCN4)cc12)c1cccc(F)c1. The van der Waals surface area contributed by atoms with E-state index in [2.05, 4.69) is 32.6 Å². The normalized spacial score (nSPS) is 13.2. The van der Waals surface area contributed by atoms with Crippen molar-refractivity contribution in [1.29, 1.82) is 0 Å². The molecule has 2 N–H and O–H groups in total. The van der Waals surface area contributed by atoms with E-state index in [1.54, 1.807) is 36.0 Å². The minimum absolute atomic E-state index is 0.296. The molecule has 1 aliphatic heterocycles. The minimum Gasteiger partial charge on any atom is -0.488 e. The molecule has 0 saturated heterocycles. The van der Waals surface area contributed by atoms with Crippen LogP contribution in [0.5, 0.6) is 5.75 Å². The van der Waals surface area contributed by atoms with Gasteiger partial charge in [0.15, 0.2) is 11.6 Å². The number of benzene rings is 1. The van der Waals surface area contributed by atoms with E-state index in [-0.39, 0.29) is 17.8 Å². The average Bonchev–Trinajstić information content (AvgIpc) is 3.26. The second-order valence-electron chi connectivity index (χ2n) is 7.65. The van der Waals surface area contributed by atoms with E-state index >= 15 is 0 Å². The van der Waals surface area contributed by atoms with Gasteiger partial charge in [0, 0.05) is 29.6 Å². The maximum Gasteiger partial charge on any atom is 0.255 e. The molecule has 0 bridgehead atoms. The van der Waals surface area contributed by atoms with Gasteiger partial charge < -0.3 is 15.4 Å². The number of ether oxygens (including phenoxy) is 1. The smallest absolute Gasteiger partial charge is 0.255 e. The van der Waals surface area contributed by atoms with Crippen LogP contribution >= 0.6 is 0 Å². The number of amides is 1. The van der Waals surface area contributed by atoms with Gasteiger partial charge in [-0.3, -0.25) is 4.79 Å². The lowest BCUT2D eigenvalue weighted by atomic mass is 10.1. The van der Waals surface area contributed by atoms with Crippen molar-refractivity contribution in [3.8, 4) is 17.6 Å². The second-order valence-corrected chi connectivity index (χ2v) is 7.65. The Labute approximate surface area is 189 Å². The van der Waals surface area contributed by atoms with Crippen LogP contribution in [0.2, 0.25) is 0 Å². The first kappa shape index (κ1) is 20.5. The van der Waals surface area contributed by atoms with Crippen molar-refractivity contribution in [2.45, 2.75) is 13.0 Å². The van der Waals surface area contributed by atoms with Crippen LogP contribution in [0.3, 0.4) is 0 Å². The van der Waals surface area contributed by atoms with Crippen LogP contribution in [0.15, 0.2) is 61.1 Å². The van der Waals surface area contributed by atoms with Crippen molar-refractivity contribution >= 4 is 17.2 Å². The molecular weight excluding hydrogens is 421 g/mol. The fourth-order valence-corrected chi connectivity index (χ4v) is 3.60. The molecule has 0 aliphatic carbocycles. The van der Waals surface area contributed by atoms with E-state index in [0.29, 0.717) is 29.0 Å². The fourth-order valence-electron chi connectivity index (χ4n) is 3.60. The van der Waals surface area contributed by atoms with Gasteiger partial charge in [-0.05, 0) is 36.8 Å². The highest BCUT2D eigenvalue weighted by Crippen LogP contribution is 2.25. The van der Waals surface area contributed by atoms with Crippen LogP contribution in [0, 0.1) is 17.7 Å². The Morgan fingerprint density at radius 1 is 1.21 bits per heavy atom. The van der Waals surface area contributed by atoms with Crippen LogP contribution in [-0.4, -0.2) is 33.7 Å². The summed E-state index contributed by atoms with van der Waals surface area (Å²) in [6.45, 7) is 3.13. The summed E-state index contributed by atoms with van der Waals surface area (Å²) >= 11 is 0. The molecule has 164 valence electrons. The first-order valence-corrected chi connectivity index (χ1v) is 10.5. The lowest BCUT2D eigenvalue weighted by molar-refractivity contribution is 0.0941. The van der Waals surface area contributed by atoms with Gasteiger partial charge in [-0.15, -0.1) is 0 Å². The molecule has 3 aromatic heterocycles. The number of pyridine rings is 2.